The molecular formula is C8H5Cl3O2S. The van der Waals surface area contributed by atoms with Crippen molar-refractivity contribution in [3.63, 3.8) is 0 Å². The molecule has 14 heavy (non-hydrogen) atoms. The monoisotopic (exact) mass is 270 g/mol. The molecule has 0 spiro atoms. The fourth-order valence-corrected chi connectivity index (χ4v) is 1.80. The minimum absolute atomic E-state index is 0.370. The lowest BCUT2D eigenvalue weighted by Gasteiger charge is -1.99. The zero-order valence-electron chi connectivity index (χ0n) is 6.75. The predicted molar refractivity (Wildman–Crippen MR) is 60.3 cm³/mol. The Morgan fingerprint density at radius 3 is 2.07 bits per heavy atom. The predicted octanol–water partition coefficient (Wildman–Crippen LogP) is 3.53. The third kappa shape index (κ3) is 3.50. The summed E-state index contributed by atoms with van der Waals surface area (Å²) >= 11 is 11.6. The molecule has 0 aromatic heterocycles. The van der Waals surface area contributed by atoms with Crippen LogP contribution in [0.2, 0.25) is 10.0 Å². The molecule has 0 fully saturated rings. The molecule has 0 saturated heterocycles. The standard InChI is InChI=1S/C8H5Cl3O2S/c9-7-2-1-3-8(10)6(7)4-5-14(11,12)13/h1-5H/b5-4+. The van der Waals surface area contributed by atoms with Crippen molar-refractivity contribution in [3.05, 3.63) is 39.2 Å². The smallest absolute Gasteiger partial charge is 0.208 e. The van der Waals surface area contributed by atoms with E-state index in [0.29, 0.717) is 15.6 Å². The molecule has 0 aliphatic carbocycles. The lowest BCUT2D eigenvalue weighted by atomic mass is 10.2. The van der Waals surface area contributed by atoms with E-state index in [0.717, 1.165) is 5.41 Å². The first kappa shape index (κ1) is 11.9. The van der Waals surface area contributed by atoms with Gasteiger partial charge in [0.25, 0.3) is 9.05 Å². The first-order valence-corrected chi connectivity index (χ1v) is 6.60. The fraction of sp³-hybridized carbons (Fsp3) is 0. The third-order valence-corrected chi connectivity index (χ3v) is 2.83. The van der Waals surface area contributed by atoms with Gasteiger partial charge in [-0.2, -0.15) is 0 Å². The van der Waals surface area contributed by atoms with Gasteiger partial charge in [0.05, 0.1) is 0 Å². The van der Waals surface area contributed by atoms with E-state index in [9.17, 15) is 8.42 Å². The van der Waals surface area contributed by atoms with E-state index in [1.165, 1.54) is 6.08 Å². The Kier molecular flexibility index (Phi) is 3.84. The first-order chi connectivity index (χ1) is 6.40. The number of rotatable bonds is 2. The Balaban J connectivity index is 3.15. The Hall–Kier alpha value is -0.220. The minimum Gasteiger partial charge on any atom is -0.208 e. The van der Waals surface area contributed by atoms with Crippen LogP contribution in [0.5, 0.6) is 0 Å². The van der Waals surface area contributed by atoms with Crippen LogP contribution < -0.4 is 0 Å². The molecule has 0 unspecified atom stereocenters. The van der Waals surface area contributed by atoms with Gasteiger partial charge >= 0.3 is 0 Å². The van der Waals surface area contributed by atoms with Gasteiger partial charge in [-0.05, 0) is 18.2 Å². The summed E-state index contributed by atoms with van der Waals surface area (Å²) in [4.78, 5) is 0. The molecular weight excluding hydrogens is 267 g/mol. The lowest BCUT2D eigenvalue weighted by molar-refractivity contribution is 0.617. The van der Waals surface area contributed by atoms with Crippen molar-refractivity contribution >= 4 is 49.0 Å². The zero-order valence-corrected chi connectivity index (χ0v) is 9.83. The van der Waals surface area contributed by atoms with Gasteiger partial charge in [0.2, 0.25) is 0 Å². The van der Waals surface area contributed by atoms with Crippen molar-refractivity contribution in [1.29, 1.82) is 0 Å². The molecule has 0 aliphatic heterocycles. The van der Waals surface area contributed by atoms with E-state index >= 15 is 0 Å². The molecule has 0 amide bonds. The van der Waals surface area contributed by atoms with E-state index in [4.69, 9.17) is 33.9 Å². The molecule has 0 N–H and O–H groups in total. The quantitative estimate of drug-likeness (QED) is 0.771. The topological polar surface area (TPSA) is 34.1 Å². The number of halogens is 3. The van der Waals surface area contributed by atoms with Crippen molar-refractivity contribution in [2.45, 2.75) is 0 Å². The summed E-state index contributed by atoms with van der Waals surface area (Å²) in [5.74, 6) is 0. The van der Waals surface area contributed by atoms with Crippen LogP contribution in [0.15, 0.2) is 23.6 Å². The van der Waals surface area contributed by atoms with Gasteiger partial charge in [0, 0.05) is 31.7 Å². The van der Waals surface area contributed by atoms with E-state index in [1.807, 2.05) is 0 Å². The van der Waals surface area contributed by atoms with Gasteiger partial charge < -0.3 is 0 Å². The molecule has 2 nitrogen and oxygen atoms in total. The minimum atomic E-state index is -3.68. The molecule has 1 aromatic carbocycles. The summed E-state index contributed by atoms with van der Waals surface area (Å²) in [6.07, 6.45) is 1.26. The Bertz CT molecular complexity index is 445. The van der Waals surface area contributed by atoms with Crippen LogP contribution in [0.3, 0.4) is 0 Å². The zero-order chi connectivity index (χ0) is 10.8. The highest BCUT2D eigenvalue weighted by Gasteiger charge is 2.03. The van der Waals surface area contributed by atoms with Gasteiger partial charge in [-0.25, -0.2) is 8.42 Å². The maximum Gasteiger partial charge on any atom is 0.254 e. The summed E-state index contributed by atoms with van der Waals surface area (Å²) in [6, 6.07) is 4.87. The molecule has 1 rings (SSSR count). The highest BCUT2D eigenvalue weighted by atomic mass is 35.7. The summed E-state index contributed by atoms with van der Waals surface area (Å²) < 4.78 is 21.2. The number of benzene rings is 1. The lowest BCUT2D eigenvalue weighted by Crippen LogP contribution is -1.81. The molecule has 76 valence electrons. The van der Waals surface area contributed by atoms with E-state index in [2.05, 4.69) is 0 Å². The second kappa shape index (κ2) is 4.53. The van der Waals surface area contributed by atoms with Crippen LogP contribution in [0.4, 0.5) is 0 Å². The van der Waals surface area contributed by atoms with Gasteiger partial charge in [-0.3, -0.25) is 0 Å². The first-order valence-electron chi connectivity index (χ1n) is 3.47. The van der Waals surface area contributed by atoms with Crippen molar-refractivity contribution < 1.29 is 8.42 Å². The van der Waals surface area contributed by atoms with Crippen LogP contribution in [-0.2, 0) is 9.05 Å². The van der Waals surface area contributed by atoms with Gasteiger partial charge in [-0.15, -0.1) is 0 Å². The van der Waals surface area contributed by atoms with Crippen molar-refractivity contribution in [2.24, 2.45) is 0 Å². The summed E-state index contributed by atoms with van der Waals surface area (Å²) in [5, 5.41) is 1.57. The average Bonchev–Trinajstić information content (AvgIpc) is 2.01. The van der Waals surface area contributed by atoms with Crippen LogP contribution in [0.25, 0.3) is 6.08 Å². The van der Waals surface area contributed by atoms with Crippen LogP contribution in [0.1, 0.15) is 5.56 Å². The molecule has 0 heterocycles. The molecule has 0 bridgehead atoms. The third-order valence-electron chi connectivity index (χ3n) is 1.40. The molecule has 0 saturated carbocycles. The Labute approximate surface area is 96.5 Å². The average molecular weight is 272 g/mol. The Morgan fingerprint density at radius 2 is 1.64 bits per heavy atom. The van der Waals surface area contributed by atoms with Crippen molar-refractivity contribution in [1.82, 2.24) is 0 Å². The maximum atomic E-state index is 10.6. The second-order valence-corrected chi connectivity index (χ2v) is 5.74. The van der Waals surface area contributed by atoms with Crippen LogP contribution >= 0.6 is 33.9 Å². The summed E-state index contributed by atoms with van der Waals surface area (Å²) in [7, 11) is 1.31. The van der Waals surface area contributed by atoms with Crippen LogP contribution in [0, 0.1) is 0 Å². The van der Waals surface area contributed by atoms with Gasteiger partial charge in [0.1, 0.15) is 0 Å². The molecule has 1 aromatic rings. The maximum absolute atomic E-state index is 10.6. The van der Waals surface area contributed by atoms with Crippen molar-refractivity contribution in [3.8, 4) is 0 Å². The normalized spacial score (nSPS) is 12.2. The Morgan fingerprint density at radius 1 is 1.14 bits per heavy atom. The van der Waals surface area contributed by atoms with Crippen LogP contribution in [-0.4, -0.2) is 8.42 Å². The van der Waals surface area contributed by atoms with E-state index in [1.54, 1.807) is 18.2 Å². The highest BCUT2D eigenvalue weighted by molar-refractivity contribution is 8.16. The molecule has 0 aliphatic rings. The second-order valence-electron chi connectivity index (χ2n) is 2.41. The molecule has 0 atom stereocenters. The van der Waals surface area contributed by atoms with Crippen molar-refractivity contribution in [2.75, 3.05) is 0 Å². The van der Waals surface area contributed by atoms with Gasteiger partial charge in [-0.1, -0.05) is 29.3 Å². The largest absolute Gasteiger partial charge is 0.254 e. The van der Waals surface area contributed by atoms with E-state index < -0.39 is 9.05 Å². The highest BCUT2D eigenvalue weighted by Crippen LogP contribution is 2.25. The fourth-order valence-electron chi connectivity index (χ4n) is 0.819. The SMILES string of the molecule is O=S(=O)(Cl)/C=C/c1c(Cl)cccc1Cl. The number of hydrogen-bond acceptors (Lipinski definition) is 2. The van der Waals surface area contributed by atoms with Gasteiger partial charge in [0.15, 0.2) is 0 Å². The molecule has 0 radical (unpaired) electrons. The summed E-state index contributed by atoms with van der Waals surface area (Å²) in [5.41, 5.74) is 0.431. The molecule has 6 heteroatoms. The number of hydrogen-bond donors (Lipinski definition) is 0. The van der Waals surface area contributed by atoms with E-state index in [-0.39, 0.29) is 0 Å². The summed E-state index contributed by atoms with van der Waals surface area (Å²) in [6.45, 7) is 0.